The first-order chi connectivity index (χ1) is 8.85. The lowest BCUT2D eigenvalue weighted by atomic mass is 10.3. The topological polar surface area (TPSA) is 93.8 Å². The van der Waals surface area contributed by atoms with Gasteiger partial charge in [-0.05, 0) is 12.8 Å². The van der Waals surface area contributed by atoms with E-state index in [4.69, 9.17) is 15.9 Å². The van der Waals surface area contributed by atoms with Crippen molar-refractivity contribution in [2.75, 3.05) is 65.6 Å². The van der Waals surface area contributed by atoms with Crippen LogP contribution in [0, 0.1) is 0 Å². The second-order valence-corrected chi connectivity index (χ2v) is 4.28. The van der Waals surface area contributed by atoms with Gasteiger partial charge in [-0.15, -0.1) is 0 Å². The number of aliphatic hydroxyl groups is 2. The van der Waals surface area contributed by atoms with E-state index in [1.807, 2.05) is 0 Å². The van der Waals surface area contributed by atoms with Crippen LogP contribution in [0.15, 0.2) is 0 Å². The standard InChI is InChI=1S/C12H30N4O2/c13-3-4-14-5-6-15-7-10-16(8-1-11-17)9-2-12-18/h14-15,17-18H,1-13H2. The Morgan fingerprint density at radius 1 is 0.778 bits per heavy atom. The number of nitrogens with zero attached hydrogens (tertiary/aromatic N) is 1. The van der Waals surface area contributed by atoms with Gasteiger partial charge in [0, 0.05) is 65.6 Å². The molecule has 0 bridgehead atoms. The largest absolute Gasteiger partial charge is 0.396 e. The van der Waals surface area contributed by atoms with Crippen molar-refractivity contribution in [3.63, 3.8) is 0 Å². The third kappa shape index (κ3) is 12.2. The van der Waals surface area contributed by atoms with Crippen molar-refractivity contribution in [2.45, 2.75) is 12.8 Å². The van der Waals surface area contributed by atoms with Gasteiger partial charge in [0.2, 0.25) is 0 Å². The lowest BCUT2D eigenvalue weighted by molar-refractivity contribution is 0.202. The number of nitrogens with one attached hydrogen (secondary N) is 2. The molecule has 0 radical (unpaired) electrons. The summed E-state index contributed by atoms with van der Waals surface area (Å²) in [4.78, 5) is 2.27. The Hall–Kier alpha value is -0.240. The number of hydrogen-bond acceptors (Lipinski definition) is 6. The zero-order chi connectivity index (χ0) is 13.5. The van der Waals surface area contributed by atoms with E-state index in [-0.39, 0.29) is 13.2 Å². The molecular formula is C12H30N4O2. The Labute approximate surface area is 111 Å². The molecule has 6 N–H and O–H groups in total. The van der Waals surface area contributed by atoms with Crippen molar-refractivity contribution in [2.24, 2.45) is 5.73 Å². The molecule has 0 aromatic heterocycles. The van der Waals surface area contributed by atoms with Crippen LogP contribution >= 0.6 is 0 Å². The van der Waals surface area contributed by atoms with Gasteiger partial charge < -0.3 is 31.5 Å². The van der Waals surface area contributed by atoms with E-state index < -0.39 is 0 Å². The van der Waals surface area contributed by atoms with Crippen molar-refractivity contribution >= 4 is 0 Å². The zero-order valence-corrected chi connectivity index (χ0v) is 11.4. The van der Waals surface area contributed by atoms with Crippen molar-refractivity contribution in [1.29, 1.82) is 0 Å². The van der Waals surface area contributed by atoms with E-state index in [0.717, 1.165) is 58.7 Å². The molecule has 0 unspecified atom stereocenters. The third-order valence-corrected chi connectivity index (χ3v) is 2.67. The zero-order valence-electron chi connectivity index (χ0n) is 11.4. The molecule has 0 aliphatic carbocycles. The molecule has 0 aliphatic heterocycles. The van der Waals surface area contributed by atoms with Crippen LogP contribution in [-0.2, 0) is 0 Å². The minimum Gasteiger partial charge on any atom is -0.396 e. The van der Waals surface area contributed by atoms with Crippen LogP contribution < -0.4 is 16.4 Å². The summed E-state index contributed by atoms with van der Waals surface area (Å²) in [5, 5.41) is 24.2. The minimum absolute atomic E-state index is 0.228. The quantitative estimate of drug-likeness (QED) is 0.237. The second-order valence-electron chi connectivity index (χ2n) is 4.28. The van der Waals surface area contributed by atoms with Crippen molar-refractivity contribution in [3.05, 3.63) is 0 Å². The average Bonchev–Trinajstić information content (AvgIpc) is 2.40. The van der Waals surface area contributed by atoms with E-state index in [9.17, 15) is 0 Å². The summed E-state index contributed by atoms with van der Waals surface area (Å²) < 4.78 is 0. The predicted molar refractivity (Wildman–Crippen MR) is 74.6 cm³/mol. The molecule has 0 fully saturated rings. The maximum absolute atomic E-state index is 8.82. The van der Waals surface area contributed by atoms with Gasteiger partial charge in [-0.25, -0.2) is 0 Å². The van der Waals surface area contributed by atoms with E-state index in [1.165, 1.54) is 0 Å². The first-order valence-electron chi connectivity index (χ1n) is 6.90. The van der Waals surface area contributed by atoms with Crippen molar-refractivity contribution in [1.82, 2.24) is 15.5 Å². The van der Waals surface area contributed by atoms with E-state index in [1.54, 1.807) is 0 Å². The van der Waals surface area contributed by atoms with Gasteiger partial charge >= 0.3 is 0 Å². The van der Waals surface area contributed by atoms with Crippen LogP contribution in [0.2, 0.25) is 0 Å². The van der Waals surface area contributed by atoms with Crippen LogP contribution in [0.3, 0.4) is 0 Å². The first kappa shape index (κ1) is 17.8. The summed E-state index contributed by atoms with van der Waals surface area (Å²) in [5.41, 5.74) is 5.37. The molecule has 0 aromatic rings. The number of aliphatic hydroxyl groups excluding tert-OH is 2. The lowest BCUT2D eigenvalue weighted by Crippen LogP contribution is -2.37. The Bertz CT molecular complexity index is 153. The highest BCUT2D eigenvalue weighted by atomic mass is 16.3. The van der Waals surface area contributed by atoms with Crippen LogP contribution in [0.5, 0.6) is 0 Å². The Balaban J connectivity index is 3.43. The molecule has 0 rings (SSSR count). The molecule has 0 saturated carbocycles. The Morgan fingerprint density at radius 2 is 1.33 bits per heavy atom. The first-order valence-corrected chi connectivity index (χ1v) is 6.90. The highest BCUT2D eigenvalue weighted by Crippen LogP contribution is 1.93. The maximum atomic E-state index is 8.82. The molecule has 110 valence electrons. The van der Waals surface area contributed by atoms with Crippen LogP contribution in [0.1, 0.15) is 12.8 Å². The predicted octanol–water partition coefficient (Wildman–Crippen LogP) is -1.81. The fourth-order valence-electron chi connectivity index (χ4n) is 1.69. The highest BCUT2D eigenvalue weighted by molar-refractivity contribution is 4.61. The Morgan fingerprint density at radius 3 is 1.83 bits per heavy atom. The molecule has 6 heteroatoms. The summed E-state index contributed by atoms with van der Waals surface area (Å²) in [6.07, 6.45) is 1.59. The molecule has 0 aliphatic rings. The van der Waals surface area contributed by atoms with Gasteiger partial charge in [0.05, 0.1) is 0 Å². The average molecular weight is 262 g/mol. The molecule has 0 atom stereocenters. The number of nitrogens with two attached hydrogens (primary N) is 1. The highest BCUT2D eigenvalue weighted by Gasteiger charge is 2.03. The smallest absolute Gasteiger partial charge is 0.0443 e. The lowest BCUT2D eigenvalue weighted by Gasteiger charge is -2.21. The molecule has 0 aromatic carbocycles. The van der Waals surface area contributed by atoms with Crippen LogP contribution in [-0.4, -0.2) is 80.7 Å². The second kappa shape index (κ2) is 14.8. The fraction of sp³-hybridized carbons (Fsp3) is 1.00. The summed E-state index contributed by atoms with van der Waals surface area (Å²) in [5.74, 6) is 0. The van der Waals surface area contributed by atoms with Gasteiger partial charge in [0.25, 0.3) is 0 Å². The minimum atomic E-state index is 0.228. The molecule has 0 saturated heterocycles. The molecule has 0 heterocycles. The van der Waals surface area contributed by atoms with Crippen LogP contribution in [0.4, 0.5) is 0 Å². The summed E-state index contributed by atoms with van der Waals surface area (Å²) in [6.45, 7) is 7.54. The fourth-order valence-corrected chi connectivity index (χ4v) is 1.69. The van der Waals surface area contributed by atoms with E-state index in [0.29, 0.717) is 6.54 Å². The third-order valence-electron chi connectivity index (χ3n) is 2.67. The van der Waals surface area contributed by atoms with Gasteiger partial charge in [-0.3, -0.25) is 0 Å². The van der Waals surface area contributed by atoms with Gasteiger partial charge in [-0.2, -0.15) is 0 Å². The molecule has 18 heavy (non-hydrogen) atoms. The van der Waals surface area contributed by atoms with Gasteiger partial charge in [0.15, 0.2) is 0 Å². The monoisotopic (exact) mass is 262 g/mol. The molecular weight excluding hydrogens is 232 g/mol. The van der Waals surface area contributed by atoms with E-state index in [2.05, 4.69) is 15.5 Å². The molecule has 6 nitrogen and oxygen atoms in total. The van der Waals surface area contributed by atoms with E-state index >= 15 is 0 Å². The van der Waals surface area contributed by atoms with Gasteiger partial charge in [0.1, 0.15) is 0 Å². The number of hydrogen-bond donors (Lipinski definition) is 5. The normalized spacial score (nSPS) is 11.3. The maximum Gasteiger partial charge on any atom is 0.0443 e. The summed E-state index contributed by atoms with van der Waals surface area (Å²) in [7, 11) is 0. The van der Waals surface area contributed by atoms with Crippen molar-refractivity contribution in [3.8, 4) is 0 Å². The van der Waals surface area contributed by atoms with Gasteiger partial charge in [-0.1, -0.05) is 0 Å². The molecule has 0 spiro atoms. The summed E-state index contributed by atoms with van der Waals surface area (Å²) >= 11 is 0. The van der Waals surface area contributed by atoms with Crippen molar-refractivity contribution < 1.29 is 10.2 Å². The SMILES string of the molecule is NCCNCCNCCN(CCCO)CCCO. The van der Waals surface area contributed by atoms with Crippen LogP contribution in [0.25, 0.3) is 0 Å². The number of rotatable bonds is 14. The summed E-state index contributed by atoms with van der Waals surface area (Å²) in [6, 6.07) is 0. The Kier molecular flexibility index (Phi) is 14.6. The molecule has 0 amide bonds.